The summed E-state index contributed by atoms with van der Waals surface area (Å²) in [6.45, 7) is 0. The molecule has 1 aromatic carbocycles. The molecule has 4 rings (SSSR count). The minimum absolute atomic E-state index is 0.0150. The predicted octanol–water partition coefficient (Wildman–Crippen LogP) is 4.56. The van der Waals surface area contributed by atoms with E-state index < -0.39 is 5.97 Å². The first-order valence-corrected chi connectivity index (χ1v) is 8.56. The summed E-state index contributed by atoms with van der Waals surface area (Å²) in [5, 5.41) is 11.8. The predicted molar refractivity (Wildman–Crippen MR) is 90.2 cm³/mol. The Bertz CT molecular complexity index is 998. The van der Waals surface area contributed by atoms with Crippen LogP contribution in [0.1, 0.15) is 4.88 Å². The van der Waals surface area contributed by atoms with Gasteiger partial charge in [-0.1, -0.05) is 23.7 Å². The zero-order valence-corrected chi connectivity index (χ0v) is 13.5. The van der Waals surface area contributed by atoms with E-state index in [-0.39, 0.29) is 6.42 Å². The molecule has 0 amide bonds. The molecule has 4 nitrogen and oxygen atoms in total. The van der Waals surface area contributed by atoms with E-state index >= 15 is 0 Å². The van der Waals surface area contributed by atoms with Gasteiger partial charge in [0, 0.05) is 9.90 Å². The Kier molecular flexibility index (Phi) is 3.18. The molecule has 110 valence electrons. The topological polar surface area (TPSA) is 54.6 Å². The highest BCUT2D eigenvalue weighted by atomic mass is 35.5. The van der Waals surface area contributed by atoms with Crippen molar-refractivity contribution in [3.8, 4) is 11.3 Å². The summed E-state index contributed by atoms with van der Waals surface area (Å²) >= 11 is 8.99. The van der Waals surface area contributed by atoms with Crippen LogP contribution in [0, 0.1) is 0 Å². The molecule has 0 radical (unpaired) electrons. The van der Waals surface area contributed by atoms with Gasteiger partial charge in [0.1, 0.15) is 10.3 Å². The molecule has 7 heteroatoms. The van der Waals surface area contributed by atoms with Crippen molar-refractivity contribution in [1.82, 2.24) is 9.38 Å². The number of imidazole rings is 1. The molecule has 3 aromatic heterocycles. The fourth-order valence-corrected chi connectivity index (χ4v) is 4.66. The summed E-state index contributed by atoms with van der Waals surface area (Å²) in [4.78, 5) is 18.4. The number of nitrogens with zero attached hydrogens (tertiary/aromatic N) is 2. The minimum atomic E-state index is -0.845. The average molecular weight is 349 g/mol. The van der Waals surface area contributed by atoms with E-state index in [0.717, 1.165) is 31.4 Å². The van der Waals surface area contributed by atoms with E-state index in [2.05, 4.69) is 4.98 Å². The van der Waals surface area contributed by atoms with Gasteiger partial charge in [-0.05, 0) is 29.1 Å². The maximum atomic E-state index is 11.2. The molecule has 0 aliphatic rings. The molecule has 0 saturated heterocycles. The number of halogens is 1. The molecule has 22 heavy (non-hydrogen) atoms. The van der Waals surface area contributed by atoms with Crippen LogP contribution in [0.15, 0.2) is 35.7 Å². The number of carboxylic acids is 1. The third kappa shape index (κ3) is 2.11. The molecule has 0 spiro atoms. The monoisotopic (exact) mass is 348 g/mol. The van der Waals surface area contributed by atoms with Crippen LogP contribution in [-0.4, -0.2) is 20.5 Å². The van der Waals surface area contributed by atoms with Gasteiger partial charge in [0.2, 0.25) is 0 Å². The van der Waals surface area contributed by atoms with Crippen molar-refractivity contribution in [2.45, 2.75) is 6.42 Å². The van der Waals surface area contributed by atoms with E-state index in [1.165, 1.54) is 11.3 Å². The average Bonchev–Trinajstić information content (AvgIpc) is 3.10. The number of benzene rings is 1. The van der Waals surface area contributed by atoms with Crippen LogP contribution >= 0.6 is 34.3 Å². The fourth-order valence-electron chi connectivity index (χ4n) is 2.49. The number of thiazole rings is 1. The van der Waals surface area contributed by atoms with Crippen molar-refractivity contribution in [3.05, 3.63) is 45.6 Å². The van der Waals surface area contributed by atoms with E-state index in [1.807, 2.05) is 40.1 Å². The number of rotatable bonds is 3. The van der Waals surface area contributed by atoms with Crippen LogP contribution in [0.3, 0.4) is 0 Å². The molecule has 0 fully saturated rings. The first-order chi connectivity index (χ1) is 10.6. The van der Waals surface area contributed by atoms with E-state index in [9.17, 15) is 9.90 Å². The first kappa shape index (κ1) is 13.8. The van der Waals surface area contributed by atoms with E-state index in [4.69, 9.17) is 11.6 Å². The summed E-state index contributed by atoms with van der Waals surface area (Å²) in [5.41, 5.74) is 2.77. The molecule has 0 saturated carbocycles. The maximum absolute atomic E-state index is 11.2. The zero-order valence-electron chi connectivity index (χ0n) is 11.1. The largest absolute Gasteiger partial charge is 0.481 e. The Morgan fingerprint density at radius 1 is 1.27 bits per heavy atom. The number of aliphatic carboxylic acids is 1. The van der Waals surface area contributed by atoms with Gasteiger partial charge in [-0.3, -0.25) is 9.20 Å². The highest BCUT2D eigenvalue weighted by Gasteiger charge is 2.20. The van der Waals surface area contributed by atoms with Gasteiger partial charge in [-0.15, -0.1) is 22.7 Å². The molecule has 0 aliphatic heterocycles. The highest BCUT2D eigenvalue weighted by molar-refractivity contribution is 7.19. The second-order valence-electron chi connectivity index (χ2n) is 4.79. The smallest absolute Gasteiger partial charge is 0.308 e. The highest BCUT2D eigenvalue weighted by Crippen LogP contribution is 2.37. The Balaban J connectivity index is 2.05. The van der Waals surface area contributed by atoms with Gasteiger partial charge in [0.05, 0.1) is 12.1 Å². The summed E-state index contributed by atoms with van der Waals surface area (Å²) in [5.74, 6) is -0.845. The molecular weight excluding hydrogens is 340 g/mol. The maximum Gasteiger partial charge on any atom is 0.308 e. The van der Waals surface area contributed by atoms with Crippen molar-refractivity contribution >= 4 is 55.6 Å². The Morgan fingerprint density at radius 3 is 2.77 bits per heavy atom. The molecule has 0 unspecified atom stereocenters. The number of carbonyl (C=O) groups is 1. The number of carboxylic acid groups (broad SMARTS) is 1. The summed E-state index contributed by atoms with van der Waals surface area (Å²) < 4.78 is 2.05. The number of thiophene rings is 1. The van der Waals surface area contributed by atoms with Crippen LogP contribution in [0.25, 0.3) is 26.6 Å². The van der Waals surface area contributed by atoms with Crippen molar-refractivity contribution in [2.75, 3.05) is 0 Å². The number of hydrogen-bond donors (Lipinski definition) is 1. The van der Waals surface area contributed by atoms with Crippen LogP contribution in [0.5, 0.6) is 0 Å². The quantitative estimate of drug-likeness (QED) is 0.590. The summed E-state index contributed by atoms with van der Waals surface area (Å²) in [6.07, 6.45) is -0.0150. The standard InChI is InChI=1S/C15H9ClN2O2S2/c16-9-3-1-8(2-4-9)13-11(7-12(19)20)22-15-17-10-5-6-21-14(10)18(13)15/h1-6H,7H2,(H,19,20). The van der Waals surface area contributed by atoms with Crippen LogP contribution in [0.2, 0.25) is 5.02 Å². The Labute approximate surface area is 138 Å². The first-order valence-electron chi connectivity index (χ1n) is 6.48. The van der Waals surface area contributed by atoms with Gasteiger partial charge >= 0.3 is 5.97 Å². The van der Waals surface area contributed by atoms with Crippen LogP contribution in [0.4, 0.5) is 0 Å². The number of hydrogen-bond acceptors (Lipinski definition) is 4. The Hall–Kier alpha value is -1.89. The zero-order chi connectivity index (χ0) is 15.3. The second kappa shape index (κ2) is 5.08. The van der Waals surface area contributed by atoms with Gasteiger partial charge in [-0.25, -0.2) is 4.98 Å². The number of aromatic nitrogens is 2. The molecule has 4 aromatic rings. The molecule has 3 heterocycles. The van der Waals surface area contributed by atoms with Gasteiger partial charge in [0.15, 0.2) is 4.96 Å². The van der Waals surface area contributed by atoms with Crippen molar-refractivity contribution in [1.29, 1.82) is 0 Å². The van der Waals surface area contributed by atoms with Crippen molar-refractivity contribution in [2.24, 2.45) is 0 Å². The number of fused-ring (bicyclic) bond motifs is 3. The molecule has 0 atom stereocenters. The molecule has 0 aliphatic carbocycles. The fraction of sp³-hybridized carbons (Fsp3) is 0.0667. The lowest BCUT2D eigenvalue weighted by Crippen LogP contribution is -2.00. The van der Waals surface area contributed by atoms with Crippen molar-refractivity contribution in [3.63, 3.8) is 0 Å². The lowest BCUT2D eigenvalue weighted by molar-refractivity contribution is -0.136. The van der Waals surface area contributed by atoms with Gasteiger partial charge in [0.25, 0.3) is 0 Å². The van der Waals surface area contributed by atoms with Crippen LogP contribution < -0.4 is 0 Å². The third-order valence-electron chi connectivity index (χ3n) is 3.37. The second-order valence-corrected chi connectivity index (χ2v) is 7.19. The molecule has 1 N–H and O–H groups in total. The van der Waals surface area contributed by atoms with E-state index in [0.29, 0.717) is 5.02 Å². The lowest BCUT2D eigenvalue weighted by atomic mass is 10.1. The minimum Gasteiger partial charge on any atom is -0.481 e. The van der Waals surface area contributed by atoms with Gasteiger partial charge < -0.3 is 5.11 Å². The molecule has 0 bridgehead atoms. The third-order valence-corrected chi connectivity index (χ3v) is 5.55. The van der Waals surface area contributed by atoms with Crippen molar-refractivity contribution < 1.29 is 9.90 Å². The molecular formula is C15H9ClN2O2S2. The summed E-state index contributed by atoms with van der Waals surface area (Å²) in [7, 11) is 0. The SMILES string of the molecule is O=C(O)Cc1sc2nc3ccsc3n2c1-c1ccc(Cl)cc1. The lowest BCUT2D eigenvalue weighted by Gasteiger charge is -2.04. The van der Waals surface area contributed by atoms with Crippen LogP contribution in [-0.2, 0) is 11.2 Å². The Morgan fingerprint density at radius 2 is 2.05 bits per heavy atom. The normalized spacial score (nSPS) is 11.5. The summed E-state index contributed by atoms with van der Waals surface area (Å²) in [6, 6.07) is 9.42. The van der Waals surface area contributed by atoms with E-state index in [1.54, 1.807) is 11.3 Å². The van der Waals surface area contributed by atoms with Gasteiger partial charge in [-0.2, -0.15) is 0 Å².